The van der Waals surface area contributed by atoms with Crippen molar-refractivity contribution in [2.45, 2.75) is 70.8 Å². The Morgan fingerprint density at radius 2 is 1.60 bits per heavy atom. The van der Waals surface area contributed by atoms with Gasteiger partial charge < -0.3 is 4.74 Å². The Bertz CT molecular complexity index is 961. The van der Waals surface area contributed by atoms with E-state index >= 15 is 4.39 Å². The molecule has 1 aliphatic heterocycles. The van der Waals surface area contributed by atoms with Crippen LogP contribution in [-0.4, -0.2) is 5.97 Å². The van der Waals surface area contributed by atoms with Crippen molar-refractivity contribution in [3.63, 3.8) is 0 Å². The lowest BCUT2D eigenvalue weighted by atomic mass is 9.77. The van der Waals surface area contributed by atoms with Crippen LogP contribution in [-0.2, 0) is 11.2 Å². The highest BCUT2D eigenvalue weighted by molar-refractivity contribution is 5.93. The van der Waals surface area contributed by atoms with Gasteiger partial charge >= 0.3 is 5.97 Å². The van der Waals surface area contributed by atoms with Crippen LogP contribution in [0.25, 0.3) is 0 Å². The van der Waals surface area contributed by atoms with Gasteiger partial charge in [-0.05, 0) is 61.1 Å². The van der Waals surface area contributed by atoms with Gasteiger partial charge in [-0.1, -0.05) is 44.0 Å². The number of esters is 1. The van der Waals surface area contributed by atoms with Crippen molar-refractivity contribution in [3.05, 3.63) is 69.5 Å². The highest BCUT2D eigenvalue weighted by atomic mass is 19.2. The SMILES string of the molecule is CCCC1CCC(c2ccc(C3Cc4ccc(C)c(F)c4C(=O)O3)c(F)c2F)CC1. The number of carbonyl (C=O) groups excluding carboxylic acids is 1. The van der Waals surface area contributed by atoms with E-state index in [1.807, 2.05) is 0 Å². The molecule has 4 rings (SSSR count). The Hall–Kier alpha value is -2.30. The van der Waals surface area contributed by atoms with Gasteiger partial charge in [0.25, 0.3) is 0 Å². The van der Waals surface area contributed by atoms with Crippen LogP contribution >= 0.6 is 0 Å². The molecule has 2 aliphatic rings. The van der Waals surface area contributed by atoms with E-state index in [1.165, 1.54) is 12.5 Å². The number of aryl methyl sites for hydroxylation is 1. The number of rotatable bonds is 4. The molecule has 2 aromatic carbocycles. The topological polar surface area (TPSA) is 26.3 Å². The van der Waals surface area contributed by atoms with Crippen molar-refractivity contribution in [1.82, 2.24) is 0 Å². The van der Waals surface area contributed by atoms with Gasteiger partial charge in [-0.25, -0.2) is 18.0 Å². The third-order valence-corrected chi connectivity index (χ3v) is 6.75. The summed E-state index contributed by atoms with van der Waals surface area (Å²) in [7, 11) is 0. The molecule has 1 unspecified atom stereocenters. The second-order valence-corrected chi connectivity index (χ2v) is 8.71. The monoisotopic (exact) mass is 416 g/mol. The molecular formula is C25H27F3O2. The molecule has 0 spiro atoms. The third-order valence-electron chi connectivity index (χ3n) is 6.75. The maximum atomic E-state index is 15.0. The summed E-state index contributed by atoms with van der Waals surface area (Å²) < 4.78 is 49.6. The second-order valence-electron chi connectivity index (χ2n) is 8.71. The minimum Gasteiger partial charge on any atom is -0.453 e. The molecule has 30 heavy (non-hydrogen) atoms. The van der Waals surface area contributed by atoms with Crippen LogP contribution in [0, 0.1) is 30.3 Å². The molecule has 0 aromatic heterocycles. The van der Waals surface area contributed by atoms with Gasteiger partial charge in [0.15, 0.2) is 11.6 Å². The molecule has 1 aliphatic carbocycles. The Kier molecular flexibility index (Phi) is 5.90. The van der Waals surface area contributed by atoms with Crippen molar-refractivity contribution in [1.29, 1.82) is 0 Å². The van der Waals surface area contributed by atoms with Gasteiger partial charge in [-0.2, -0.15) is 0 Å². The average Bonchev–Trinajstić information content (AvgIpc) is 2.73. The molecule has 0 bridgehead atoms. The number of hydrogen-bond donors (Lipinski definition) is 0. The number of hydrogen-bond acceptors (Lipinski definition) is 2. The highest BCUT2D eigenvalue weighted by Gasteiger charge is 2.34. The Morgan fingerprint density at radius 3 is 2.30 bits per heavy atom. The first-order valence-corrected chi connectivity index (χ1v) is 10.9. The van der Waals surface area contributed by atoms with E-state index in [4.69, 9.17) is 4.74 Å². The molecule has 1 atom stereocenters. The molecule has 5 heteroatoms. The van der Waals surface area contributed by atoms with Gasteiger partial charge in [-0.15, -0.1) is 0 Å². The summed E-state index contributed by atoms with van der Waals surface area (Å²) in [5.74, 6) is -2.55. The summed E-state index contributed by atoms with van der Waals surface area (Å²) in [6.45, 7) is 3.74. The van der Waals surface area contributed by atoms with Crippen LogP contribution in [0.3, 0.4) is 0 Å². The molecule has 0 radical (unpaired) electrons. The maximum absolute atomic E-state index is 15.0. The second kappa shape index (κ2) is 8.44. The van der Waals surface area contributed by atoms with Crippen molar-refractivity contribution in [2.24, 2.45) is 5.92 Å². The predicted octanol–water partition coefficient (Wildman–Crippen LogP) is 6.94. The van der Waals surface area contributed by atoms with Crippen LogP contribution in [0.1, 0.15) is 90.1 Å². The van der Waals surface area contributed by atoms with E-state index in [1.54, 1.807) is 25.1 Å². The van der Waals surface area contributed by atoms with Crippen molar-refractivity contribution >= 4 is 5.97 Å². The summed E-state index contributed by atoms with van der Waals surface area (Å²) >= 11 is 0. The minimum atomic E-state index is -0.962. The molecular weight excluding hydrogens is 389 g/mol. The van der Waals surface area contributed by atoms with Crippen molar-refractivity contribution in [2.75, 3.05) is 0 Å². The normalized spacial score (nSPS) is 23.8. The number of fused-ring (bicyclic) bond motifs is 1. The summed E-state index contributed by atoms with van der Waals surface area (Å²) in [6, 6.07) is 6.40. The summed E-state index contributed by atoms with van der Waals surface area (Å²) in [5, 5.41) is 0. The van der Waals surface area contributed by atoms with E-state index in [9.17, 15) is 13.6 Å². The molecule has 1 saturated carbocycles. The average molecular weight is 416 g/mol. The van der Waals surface area contributed by atoms with Gasteiger partial charge in [0, 0.05) is 12.0 Å². The molecule has 2 nitrogen and oxygen atoms in total. The number of cyclic esters (lactones) is 1. The predicted molar refractivity (Wildman–Crippen MR) is 109 cm³/mol. The van der Waals surface area contributed by atoms with Gasteiger partial charge in [0.05, 0.1) is 5.56 Å². The molecule has 0 N–H and O–H groups in total. The van der Waals surface area contributed by atoms with Gasteiger partial charge in [-0.3, -0.25) is 0 Å². The third kappa shape index (κ3) is 3.75. The number of halogens is 3. The first-order chi connectivity index (χ1) is 14.4. The zero-order chi connectivity index (χ0) is 21.4. The quantitative estimate of drug-likeness (QED) is 0.505. The lowest BCUT2D eigenvalue weighted by Crippen LogP contribution is -2.25. The van der Waals surface area contributed by atoms with Gasteiger partial charge in [0.1, 0.15) is 11.9 Å². The maximum Gasteiger partial charge on any atom is 0.342 e. The first-order valence-electron chi connectivity index (χ1n) is 10.9. The van der Waals surface area contributed by atoms with Gasteiger partial charge in [0.2, 0.25) is 0 Å². The smallest absolute Gasteiger partial charge is 0.342 e. The molecule has 2 aromatic rings. The van der Waals surface area contributed by atoms with E-state index in [0.717, 1.165) is 32.1 Å². The number of ether oxygens (including phenoxy) is 1. The minimum absolute atomic E-state index is 0.0101. The van der Waals surface area contributed by atoms with E-state index in [0.29, 0.717) is 22.6 Å². The Labute approximate surface area is 175 Å². The van der Waals surface area contributed by atoms with Crippen LogP contribution in [0.2, 0.25) is 0 Å². The summed E-state index contributed by atoms with van der Waals surface area (Å²) in [5.41, 5.74) is 1.12. The molecule has 160 valence electrons. The van der Waals surface area contributed by atoms with E-state index in [-0.39, 0.29) is 23.5 Å². The van der Waals surface area contributed by atoms with Crippen molar-refractivity contribution in [3.8, 4) is 0 Å². The fraction of sp³-hybridized carbons (Fsp3) is 0.480. The fourth-order valence-electron chi connectivity index (χ4n) is 5.03. The number of carbonyl (C=O) groups is 1. The molecule has 0 saturated heterocycles. The number of benzene rings is 2. The lowest BCUT2D eigenvalue weighted by Gasteiger charge is -2.30. The van der Waals surface area contributed by atoms with Crippen molar-refractivity contribution < 1.29 is 22.7 Å². The standard InChI is InChI=1S/C25H27F3O2/c1-3-4-15-6-9-16(10-7-15)18-11-12-19(24(28)23(18)27)20-13-17-8-5-14(2)22(26)21(17)25(29)30-20/h5,8,11-12,15-16,20H,3-4,6-7,9-10,13H2,1-2H3. The van der Waals surface area contributed by atoms with Crippen LogP contribution in [0.5, 0.6) is 0 Å². The zero-order valence-corrected chi connectivity index (χ0v) is 17.4. The lowest BCUT2D eigenvalue weighted by molar-refractivity contribution is 0.0236. The van der Waals surface area contributed by atoms with Crippen LogP contribution in [0.4, 0.5) is 13.2 Å². The highest BCUT2D eigenvalue weighted by Crippen LogP contribution is 2.41. The molecule has 1 fully saturated rings. The van der Waals surface area contributed by atoms with Crippen LogP contribution in [0.15, 0.2) is 24.3 Å². The Balaban J connectivity index is 1.57. The largest absolute Gasteiger partial charge is 0.453 e. The summed E-state index contributed by atoms with van der Waals surface area (Å²) in [6.07, 6.45) is 5.32. The van der Waals surface area contributed by atoms with Crippen LogP contribution < -0.4 is 0 Å². The molecule has 1 heterocycles. The van der Waals surface area contributed by atoms with E-state index < -0.39 is 29.5 Å². The first kappa shape index (κ1) is 21.0. The zero-order valence-electron chi connectivity index (χ0n) is 17.4. The fourth-order valence-corrected chi connectivity index (χ4v) is 5.03. The molecule has 0 amide bonds. The van der Waals surface area contributed by atoms with E-state index in [2.05, 4.69) is 6.92 Å². The summed E-state index contributed by atoms with van der Waals surface area (Å²) in [4.78, 5) is 12.4. The Morgan fingerprint density at radius 1 is 0.933 bits per heavy atom.